The largest absolute Gasteiger partial charge is 0.0807 e. The molecule has 23 heavy (non-hydrogen) atoms. The second kappa shape index (κ2) is 4.71. The Bertz CT molecular complexity index is 831. The lowest BCUT2D eigenvalue weighted by Gasteiger charge is -2.18. The van der Waals surface area contributed by atoms with Crippen LogP contribution in [0.4, 0.5) is 0 Å². The molecule has 0 spiro atoms. The number of aryl methyl sites for hydroxylation is 2. The average Bonchev–Trinajstić information content (AvgIpc) is 2.89. The van der Waals surface area contributed by atoms with Crippen LogP contribution in [0, 0.1) is 0 Å². The lowest BCUT2D eigenvalue weighted by molar-refractivity contribution is 0.968. The molecule has 0 saturated heterocycles. The van der Waals surface area contributed by atoms with Crippen LogP contribution >= 0.6 is 0 Å². The van der Waals surface area contributed by atoms with Crippen molar-refractivity contribution < 1.29 is 0 Å². The van der Waals surface area contributed by atoms with Gasteiger partial charge in [-0.1, -0.05) is 24.3 Å². The van der Waals surface area contributed by atoms with Gasteiger partial charge in [-0.25, -0.2) is 0 Å². The monoisotopic (exact) mass is 298 g/mol. The second-order valence-corrected chi connectivity index (χ2v) is 7.36. The fourth-order valence-electron chi connectivity index (χ4n) is 4.65. The van der Waals surface area contributed by atoms with Crippen molar-refractivity contribution in [1.82, 2.24) is 0 Å². The number of benzene rings is 2. The maximum Gasteiger partial charge on any atom is -0.00132 e. The van der Waals surface area contributed by atoms with Crippen LogP contribution in [-0.2, 0) is 19.3 Å². The van der Waals surface area contributed by atoms with Crippen LogP contribution in [0.1, 0.15) is 60.1 Å². The van der Waals surface area contributed by atoms with Gasteiger partial charge in [0.15, 0.2) is 0 Å². The minimum absolute atomic E-state index is 1.12. The summed E-state index contributed by atoms with van der Waals surface area (Å²) in [6.45, 7) is 4.53. The van der Waals surface area contributed by atoms with Crippen molar-refractivity contribution in [3.63, 3.8) is 0 Å². The molecule has 0 bridgehead atoms. The summed E-state index contributed by atoms with van der Waals surface area (Å²) in [7, 11) is 0. The summed E-state index contributed by atoms with van der Waals surface area (Å²) in [5, 5.41) is 0. The SMILES string of the molecule is CC1=CCCc2cc3c(cc21)-c1cc2c(cc1C3)CCC=C2C. The van der Waals surface area contributed by atoms with E-state index in [-0.39, 0.29) is 0 Å². The first kappa shape index (κ1) is 13.4. The van der Waals surface area contributed by atoms with E-state index < -0.39 is 0 Å². The topological polar surface area (TPSA) is 0 Å². The molecule has 0 aromatic heterocycles. The van der Waals surface area contributed by atoms with Crippen LogP contribution in [0.2, 0.25) is 0 Å². The number of fused-ring (bicyclic) bond motifs is 5. The number of allylic oxidation sites excluding steroid dienone is 4. The van der Waals surface area contributed by atoms with Crippen LogP contribution in [0.15, 0.2) is 36.4 Å². The van der Waals surface area contributed by atoms with Crippen LogP contribution in [-0.4, -0.2) is 0 Å². The van der Waals surface area contributed by atoms with E-state index in [1.165, 1.54) is 70.2 Å². The molecule has 0 heterocycles. The predicted octanol–water partition coefficient (Wildman–Crippen LogP) is 5.96. The van der Waals surface area contributed by atoms with Gasteiger partial charge in [0.05, 0.1) is 0 Å². The molecular formula is C23H22. The van der Waals surface area contributed by atoms with Crippen molar-refractivity contribution in [2.45, 2.75) is 46.0 Å². The summed E-state index contributed by atoms with van der Waals surface area (Å²) in [6, 6.07) is 9.91. The van der Waals surface area contributed by atoms with Crippen LogP contribution in [0.5, 0.6) is 0 Å². The van der Waals surface area contributed by atoms with Crippen molar-refractivity contribution in [3.8, 4) is 11.1 Å². The van der Waals surface area contributed by atoms with E-state index in [0.717, 1.165) is 6.42 Å². The average molecular weight is 298 g/mol. The molecule has 0 nitrogen and oxygen atoms in total. The van der Waals surface area contributed by atoms with Gasteiger partial charge in [-0.15, -0.1) is 0 Å². The van der Waals surface area contributed by atoms with Gasteiger partial charge in [-0.3, -0.25) is 0 Å². The third-order valence-electron chi connectivity index (χ3n) is 5.91. The van der Waals surface area contributed by atoms with E-state index in [1.54, 1.807) is 11.1 Å². The maximum absolute atomic E-state index is 2.49. The van der Waals surface area contributed by atoms with Gasteiger partial charge in [-0.05, 0) is 114 Å². The van der Waals surface area contributed by atoms with Crippen LogP contribution < -0.4 is 0 Å². The molecule has 0 radical (unpaired) electrons. The van der Waals surface area contributed by atoms with Crippen molar-refractivity contribution in [1.29, 1.82) is 0 Å². The Hall–Kier alpha value is -2.08. The predicted molar refractivity (Wildman–Crippen MR) is 98.6 cm³/mol. The minimum Gasteiger partial charge on any atom is -0.0807 e. The first-order chi connectivity index (χ1) is 11.2. The first-order valence-electron chi connectivity index (χ1n) is 8.87. The molecule has 0 saturated carbocycles. The van der Waals surface area contributed by atoms with Crippen molar-refractivity contribution in [2.75, 3.05) is 0 Å². The van der Waals surface area contributed by atoms with E-state index in [2.05, 4.69) is 50.3 Å². The lowest BCUT2D eigenvalue weighted by atomic mass is 9.86. The van der Waals surface area contributed by atoms with E-state index in [1.807, 2.05) is 0 Å². The molecule has 5 rings (SSSR count). The normalized spacial score (nSPS) is 17.7. The summed E-state index contributed by atoms with van der Waals surface area (Å²) >= 11 is 0. The van der Waals surface area contributed by atoms with Gasteiger partial charge >= 0.3 is 0 Å². The number of hydrogen-bond donors (Lipinski definition) is 0. The highest BCUT2D eigenvalue weighted by Crippen LogP contribution is 2.43. The lowest BCUT2D eigenvalue weighted by Crippen LogP contribution is -2.00. The Morgan fingerprint density at radius 2 is 1.04 bits per heavy atom. The molecule has 0 heteroatoms. The van der Waals surface area contributed by atoms with Gasteiger partial charge in [0.25, 0.3) is 0 Å². The Kier molecular flexibility index (Phi) is 2.74. The molecule has 0 amide bonds. The Morgan fingerprint density at radius 3 is 1.52 bits per heavy atom. The zero-order chi connectivity index (χ0) is 15.6. The molecule has 0 fully saturated rings. The van der Waals surface area contributed by atoms with Gasteiger partial charge in [0.1, 0.15) is 0 Å². The molecule has 0 unspecified atom stereocenters. The van der Waals surface area contributed by atoms with Gasteiger partial charge < -0.3 is 0 Å². The number of rotatable bonds is 0. The third-order valence-corrected chi connectivity index (χ3v) is 5.91. The highest BCUT2D eigenvalue weighted by atomic mass is 14.3. The molecule has 2 aromatic carbocycles. The van der Waals surface area contributed by atoms with E-state index in [0.29, 0.717) is 0 Å². The molecule has 0 atom stereocenters. The molecule has 0 aliphatic heterocycles. The Balaban J connectivity index is 1.72. The fraction of sp³-hybridized carbons (Fsp3) is 0.304. The molecule has 114 valence electrons. The highest BCUT2D eigenvalue weighted by molar-refractivity contribution is 5.85. The highest BCUT2D eigenvalue weighted by Gasteiger charge is 2.24. The van der Waals surface area contributed by atoms with Crippen molar-refractivity contribution in [3.05, 3.63) is 69.8 Å². The fourth-order valence-corrected chi connectivity index (χ4v) is 4.65. The molecular weight excluding hydrogens is 276 g/mol. The smallest absolute Gasteiger partial charge is 0.00132 e. The van der Waals surface area contributed by atoms with Crippen molar-refractivity contribution in [2.24, 2.45) is 0 Å². The molecule has 3 aliphatic rings. The van der Waals surface area contributed by atoms with Crippen LogP contribution in [0.3, 0.4) is 0 Å². The van der Waals surface area contributed by atoms with Gasteiger partial charge in [0.2, 0.25) is 0 Å². The summed E-state index contributed by atoms with van der Waals surface area (Å²) < 4.78 is 0. The Morgan fingerprint density at radius 1 is 0.565 bits per heavy atom. The molecule has 2 aromatic rings. The summed E-state index contributed by atoms with van der Waals surface area (Å²) in [6.07, 6.45) is 10.7. The summed E-state index contributed by atoms with van der Waals surface area (Å²) in [4.78, 5) is 0. The first-order valence-corrected chi connectivity index (χ1v) is 8.87. The zero-order valence-electron chi connectivity index (χ0n) is 14.0. The quantitative estimate of drug-likeness (QED) is 0.480. The van der Waals surface area contributed by atoms with E-state index >= 15 is 0 Å². The summed E-state index contributed by atoms with van der Waals surface area (Å²) in [5.74, 6) is 0. The minimum atomic E-state index is 1.12. The number of hydrogen-bond acceptors (Lipinski definition) is 0. The van der Waals surface area contributed by atoms with E-state index in [9.17, 15) is 0 Å². The van der Waals surface area contributed by atoms with Gasteiger partial charge in [0, 0.05) is 0 Å². The Labute approximate surface area is 138 Å². The molecule has 0 N–H and O–H groups in total. The molecule has 3 aliphatic carbocycles. The van der Waals surface area contributed by atoms with Crippen molar-refractivity contribution >= 4 is 11.1 Å². The zero-order valence-corrected chi connectivity index (χ0v) is 14.0. The van der Waals surface area contributed by atoms with E-state index in [4.69, 9.17) is 0 Å². The maximum atomic E-state index is 2.49. The standard InChI is InChI=1S/C23H22/c1-14-5-3-7-16-9-18-11-19-10-17-8-4-6-15(2)21(17)13-23(19)22(18)12-20(14)16/h5-6,9-10,12-13H,3-4,7-8,11H2,1-2H3. The van der Waals surface area contributed by atoms with Crippen LogP contribution in [0.25, 0.3) is 22.3 Å². The third kappa shape index (κ3) is 1.91. The van der Waals surface area contributed by atoms with Gasteiger partial charge in [-0.2, -0.15) is 0 Å². The summed E-state index contributed by atoms with van der Waals surface area (Å²) in [5.41, 5.74) is 15.0. The second-order valence-electron chi connectivity index (χ2n) is 7.36.